The zero-order valence-electron chi connectivity index (χ0n) is 14.7. The van der Waals surface area contributed by atoms with Crippen LogP contribution >= 0.6 is 0 Å². The van der Waals surface area contributed by atoms with Gasteiger partial charge in [-0.2, -0.15) is 4.98 Å². The predicted octanol–water partition coefficient (Wildman–Crippen LogP) is 3.97. The number of oxazole rings is 1. The molecule has 5 rings (SSSR count). The van der Waals surface area contributed by atoms with Gasteiger partial charge in [0, 0.05) is 18.5 Å². The average molecular weight is 361 g/mol. The molecule has 0 bridgehead atoms. The molecule has 1 amide bonds. The van der Waals surface area contributed by atoms with Crippen LogP contribution in [0.1, 0.15) is 23.4 Å². The lowest BCUT2D eigenvalue weighted by Crippen LogP contribution is -2.40. The molecule has 0 saturated carbocycles. The smallest absolute Gasteiger partial charge is 0.298 e. The molecule has 1 N–H and O–H groups in total. The number of fused-ring (bicyclic) bond motifs is 2. The number of anilines is 1. The first-order valence-electron chi connectivity index (χ1n) is 9.17. The summed E-state index contributed by atoms with van der Waals surface area (Å²) in [4.78, 5) is 19.2. The van der Waals surface area contributed by atoms with Crippen molar-refractivity contribution in [3.8, 4) is 0 Å². The number of hydrogen-bond donors (Lipinski definition) is 1. The Hall–Kier alpha value is -3.28. The Balaban J connectivity index is 1.30. The normalized spacial score (nSPS) is 17.0. The molecule has 3 heterocycles. The predicted molar refractivity (Wildman–Crippen MR) is 103 cm³/mol. The first-order valence-corrected chi connectivity index (χ1v) is 9.17. The Labute approximate surface area is 155 Å². The van der Waals surface area contributed by atoms with Crippen molar-refractivity contribution >= 4 is 34.0 Å². The minimum Gasteiger partial charge on any atom is -0.451 e. The van der Waals surface area contributed by atoms with E-state index >= 15 is 0 Å². The van der Waals surface area contributed by atoms with Crippen LogP contribution in [0.5, 0.6) is 0 Å². The van der Waals surface area contributed by atoms with E-state index in [0.717, 1.165) is 41.5 Å². The van der Waals surface area contributed by atoms with Crippen LogP contribution in [-0.4, -0.2) is 30.0 Å². The maximum absolute atomic E-state index is 12.5. The monoisotopic (exact) mass is 361 g/mol. The summed E-state index contributed by atoms with van der Waals surface area (Å²) in [6, 6.07) is 17.9. The van der Waals surface area contributed by atoms with Crippen LogP contribution < -0.4 is 10.2 Å². The minimum atomic E-state index is -0.199. The van der Waals surface area contributed by atoms with Crippen LogP contribution in [-0.2, 0) is 0 Å². The summed E-state index contributed by atoms with van der Waals surface area (Å²) >= 11 is 0. The molecule has 27 heavy (non-hydrogen) atoms. The van der Waals surface area contributed by atoms with E-state index in [1.54, 1.807) is 6.07 Å². The number of amides is 1. The van der Waals surface area contributed by atoms with Crippen LogP contribution in [0.15, 0.2) is 63.4 Å². The van der Waals surface area contributed by atoms with Crippen LogP contribution in [0.3, 0.4) is 0 Å². The fraction of sp³-hybridized carbons (Fsp3) is 0.238. The molecule has 1 aliphatic heterocycles. The van der Waals surface area contributed by atoms with E-state index in [0.29, 0.717) is 18.3 Å². The van der Waals surface area contributed by atoms with Gasteiger partial charge < -0.3 is 19.1 Å². The fourth-order valence-corrected chi connectivity index (χ4v) is 3.67. The van der Waals surface area contributed by atoms with Crippen molar-refractivity contribution in [2.75, 3.05) is 18.0 Å². The second-order valence-corrected chi connectivity index (χ2v) is 6.81. The molecular weight excluding hydrogens is 342 g/mol. The molecule has 1 atom stereocenters. The number of carbonyl (C=O) groups excluding carboxylic acids is 1. The lowest BCUT2D eigenvalue weighted by atomic mass is 10.2. The summed E-state index contributed by atoms with van der Waals surface area (Å²) in [5.74, 6) is 0.137. The first kappa shape index (κ1) is 15.9. The van der Waals surface area contributed by atoms with Gasteiger partial charge in [-0.3, -0.25) is 4.79 Å². The van der Waals surface area contributed by atoms with Gasteiger partial charge in [-0.1, -0.05) is 30.3 Å². The highest BCUT2D eigenvalue weighted by molar-refractivity contribution is 5.96. The Bertz CT molecular complexity index is 1050. The quantitative estimate of drug-likeness (QED) is 0.595. The molecule has 0 radical (unpaired) electrons. The Morgan fingerprint density at radius 1 is 1.11 bits per heavy atom. The van der Waals surface area contributed by atoms with E-state index in [4.69, 9.17) is 8.83 Å². The van der Waals surface area contributed by atoms with Crippen molar-refractivity contribution in [3.05, 3.63) is 60.4 Å². The Kier molecular flexibility index (Phi) is 3.81. The highest BCUT2D eigenvalue weighted by Crippen LogP contribution is 2.28. The lowest BCUT2D eigenvalue weighted by molar-refractivity contribution is 0.0925. The van der Waals surface area contributed by atoms with Crippen molar-refractivity contribution in [1.29, 1.82) is 0 Å². The van der Waals surface area contributed by atoms with Gasteiger partial charge in [-0.05, 0) is 37.1 Å². The summed E-state index contributed by atoms with van der Waals surface area (Å²) < 4.78 is 11.5. The summed E-state index contributed by atoms with van der Waals surface area (Å²) in [5, 5.41) is 3.92. The molecule has 6 nitrogen and oxygen atoms in total. The number of hydrogen-bond acceptors (Lipinski definition) is 5. The highest BCUT2D eigenvalue weighted by Gasteiger charge is 2.29. The average Bonchev–Trinajstić information content (AvgIpc) is 3.42. The summed E-state index contributed by atoms with van der Waals surface area (Å²) in [7, 11) is 0. The van der Waals surface area contributed by atoms with Gasteiger partial charge in [0.05, 0.1) is 6.04 Å². The van der Waals surface area contributed by atoms with E-state index in [2.05, 4.69) is 15.2 Å². The van der Waals surface area contributed by atoms with E-state index in [1.165, 1.54) is 0 Å². The third-order valence-corrected chi connectivity index (χ3v) is 5.05. The van der Waals surface area contributed by atoms with Gasteiger partial charge in [0.1, 0.15) is 11.1 Å². The second kappa shape index (κ2) is 6.46. The number of nitrogens with one attached hydrogen (secondary N) is 1. The van der Waals surface area contributed by atoms with Crippen LogP contribution in [0, 0.1) is 0 Å². The van der Waals surface area contributed by atoms with Crippen LogP contribution in [0.25, 0.3) is 22.1 Å². The molecule has 2 aromatic carbocycles. The largest absolute Gasteiger partial charge is 0.451 e. The summed E-state index contributed by atoms with van der Waals surface area (Å²) in [6.07, 6.45) is 2.03. The van der Waals surface area contributed by atoms with Crippen LogP contribution in [0.4, 0.5) is 6.01 Å². The molecule has 0 spiro atoms. The van der Waals surface area contributed by atoms with Crippen molar-refractivity contribution in [2.24, 2.45) is 0 Å². The SMILES string of the molecule is O=C(NC[C@@H]1CCCN1c1nc2ccccc2o1)c1cc2ccccc2o1. The third kappa shape index (κ3) is 2.93. The molecule has 1 saturated heterocycles. The topological polar surface area (TPSA) is 71.5 Å². The summed E-state index contributed by atoms with van der Waals surface area (Å²) in [5.41, 5.74) is 2.35. The molecule has 0 unspecified atom stereocenters. The number of nitrogens with zero attached hydrogens (tertiary/aromatic N) is 2. The maximum Gasteiger partial charge on any atom is 0.298 e. The molecule has 4 aromatic rings. The van der Waals surface area contributed by atoms with Gasteiger partial charge >= 0.3 is 0 Å². The number of benzene rings is 2. The number of furan rings is 1. The zero-order valence-corrected chi connectivity index (χ0v) is 14.7. The summed E-state index contributed by atoms with van der Waals surface area (Å²) in [6.45, 7) is 1.40. The number of carbonyl (C=O) groups is 1. The van der Waals surface area contributed by atoms with Gasteiger partial charge in [0.15, 0.2) is 11.3 Å². The van der Waals surface area contributed by atoms with E-state index in [1.807, 2.05) is 48.5 Å². The van der Waals surface area contributed by atoms with Gasteiger partial charge in [-0.25, -0.2) is 0 Å². The highest BCUT2D eigenvalue weighted by atomic mass is 16.4. The van der Waals surface area contributed by atoms with Crippen molar-refractivity contribution in [2.45, 2.75) is 18.9 Å². The standard InChI is InChI=1S/C21H19N3O3/c25-20(19-12-14-6-1-3-9-17(14)26-19)22-13-15-7-5-11-24(15)21-23-16-8-2-4-10-18(16)27-21/h1-4,6,8-10,12,15H,5,7,11,13H2,(H,22,25)/t15-/m0/s1. The van der Waals surface area contributed by atoms with Crippen molar-refractivity contribution < 1.29 is 13.6 Å². The third-order valence-electron chi connectivity index (χ3n) is 5.05. The van der Waals surface area contributed by atoms with Gasteiger partial charge in [0.25, 0.3) is 11.9 Å². The molecule has 6 heteroatoms. The van der Waals surface area contributed by atoms with Crippen molar-refractivity contribution in [3.63, 3.8) is 0 Å². The Morgan fingerprint density at radius 3 is 2.78 bits per heavy atom. The number of rotatable bonds is 4. The lowest BCUT2D eigenvalue weighted by Gasteiger charge is -2.22. The number of aromatic nitrogens is 1. The van der Waals surface area contributed by atoms with Crippen LogP contribution in [0.2, 0.25) is 0 Å². The first-order chi connectivity index (χ1) is 13.3. The Morgan fingerprint density at radius 2 is 1.93 bits per heavy atom. The fourth-order valence-electron chi connectivity index (χ4n) is 3.67. The van der Waals surface area contributed by atoms with E-state index in [9.17, 15) is 4.79 Å². The molecule has 136 valence electrons. The molecular formula is C21H19N3O3. The van der Waals surface area contributed by atoms with E-state index in [-0.39, 0.29) is 11.9 Å². The molecule has 0 aliphatic carbocycles. The molecule has 1 fully saturated rings. The number of para-hydroxylation sites is 3. The zero-order chi connectivity index (χ0) is 18.2. The van der Waals surface area contributed by atoms with Gasteiger partial charge in [-0.15, -0.1) is 0 Å². The van der Waals surface area contributed by atoms with Crippen molar-refractivity contribution in [1.82, 2.24) is 10.3 Å². The van der Waals surface area contributed by atoms with Gasteiger partial charge in [0.2, 0.25) is 0 Å². The maximum atomic E-state index is 12.5. The second-order valence-electron chi connectivity index (χ2n) is 6.81. The molecule has 2 aromatic heterocycles. The molecule has 1 aliphatic rings. The van der Waals surface area contributed by atoms with E-state index < -0.39 is 0 Å². The minimum absolute atomic E-state index is 0.159.